The van der Waals surface area contributed by atoms with Gasteiger partial charge in [-0.3, -0.25) is 0 Å². The molecule has 0 spiro atoms. The third-order valence-corrected chi connectivity index (χ3v) is 3.56. The predicted molar refractivity (Wildman–Crippen MR) is 70.9 cm³/mol. The molecule has 100 valence electrons. The maximum atomic E-state index is 9.24. The second kappa shape index (κ2) is 5.01. The number of rotatable bonds is 3. The lowest BCUT2D eigenvalue weighted by molar-refractivity contribution is 0.185. The number of nitrogens with zero attached hydrogens (tertiary/aromatic N) is 3. The van der Waals surface area contributed by atoms with Crippen molar-refractivity contribution in [1.82, 2.24) is 14.8 Å². The lowest BCUT2D eigenvalue weighted by Crippen LogP contribution is -2.23. The molecular weight excluding hydrogens is 242 g/mol. The van der Waals surface area contributed by atoms with E-state index in [9.17, 15) is 5.11 Å². The fraction of sp³-hybridized carbons (Fsp3) is 0.429. The van der Waals surface area contributed by atoms with Crippen molar-refractivity contribution >= 4 is 0 Å². The Hall–Kier alpha value is -1.88. The number of methoxy groups -OCH3 is 1. The number of fused-ring (bicyclic) bond motifs is 1. The molecule has 5 heteroatoms. The summed E-state index contributed by atoms with van der Waals surface area (Å²) >= 11 is 0. The lowest BCUT2D eigenvalue weighted by Gasteiger charge is -2.19. The van der Waals surface area contributed by atoms with Gasteiger partial charge in [-0.2, -0.15) is 5.10 Å². The van der Waals surface area contributed by atoms with Crippen LogP contribution in [0.1, 0.15) is 12.2 Å². The van der Waals surface area contributed by atoms with Gasteiger partial charge < -0.3 is 9.84 Å². The van der Waals surface area contributed by atoms with Crippen molar-refractivity contribution in [3.63, 3.8) is 0 Å². The van der Waals surface area contributed by atoms with Crippen LogP contribution in [0.15, 0.2) is 24.3 Å². The van der Waals surface area contributed by atoms with Crippen molar-refractivity contribution in [2.75, 3.05) is 13.7 Å². The number of benzene rings is 1. The van der Waals surface area contributed by atoms with E-state index in [1.54, 1.807) is 7.11 Å². The van der Waals surface area contributed by atoms with Crippen LogP contribution in [0.3, 0.4) is 0 Å². The molecule has 0 fully saturated rings. The van der Waals surface area contributed by atoms with Crippen LogP contribution in [0, 0.1) is 5.92 Å². The first-order valence-corrected chi connectivity index (χ1v) is 6.49. The van der Waals surface area contributed by atoms with Crippen LogP contribution in [-0.4, -0.2) is 33.6 Å². The first-order valence-electron chi connectivity index (χ1n) is 6.49. The van der Waals surface area contributed by atoms with Gasteiger partial charge in [0.2, 0.25) is 0 Å². The molecule has 1 N–H and O–H groups in total. The number of aryl methyl sites for hydroxylation is 1. The summed E-state index contributed by atoms with van der Waals surface area (Å²) in [6, 6.07) is 7.75. The smallest absolute Gasteiger partial charge is 0.185 e. The van der Waals surface area contributed by atoms with Gasteiger partial charge >= 0.3 is 0 Å². The van der Waals surface area contributed by atoms with Crippen LogP contribution in [0.25, 0.3) is 11.4 Å². The molecule has 1 unspecified atom stereocenters. The zero-order valence-electron chi connectivity index (χ0n) is 10.9. The number of aliphatic hydroxyl groups excluding tert-OH is 1. The highest BCUT2D eigenvalue weighted by atomic mass is 16.5. The second-order valence-corrected chi connectivity index (χ2v) is 4.82. The van der Waals surface area contributed by atoms with E-state index in [0.29, 0.717) is 11.7 Å². The summed E-state index contributed by atoms with van der Waals surface area (Å²) in [4.78, 5) is 4.59. The minimum atomic E-state index is 0.212. The summed E-state index contributed by atoms with van der Waals surface area (Å²) in [6.45, 7) is 0.956. The number of aromatic nitrogens is 3. The van der Waals surface area contributed by atoms with Gasteiger partial charge in [0, 0.05) is 25.5 Å². The Morgan fingerprint density at radius 2 is 2.26 bits per heavy atom. The first kappa shape index (κ1) is 12.2. The van der Waals surface area contributed by atoms with Crippen LogP contribution < -0.4 is 4.74 Å². The number of hydrogen-bond donors (Lipinski definition) is 1. The van der Waals surface area contributed by atoms with E-state index in [1.807, 2.05) is 28.9 Å². The largest absolute Gasteiger partial charge is 0.496 e. The van der Waals surface area contributed by atoms with Crippen LogP contribution >= 0.6 is 0 Å². The standard InChI is InChI=1S/C14H17N3O2/c1-19-12-5-3-2-4-11(12)14-15-13-7-6-10(9-18)8-17(13)16-14/h2-5,10,18H,6-9H2,1H3. The highest BCUT2D eigenvalue weighted by Gasteiger charge is 2.22. The fourth-order valence-electron chi connectivity index (χ4n) is 2.47. The van der Waals surface area contributed by atoms with Crippen molar-refractivity contribution in [2.24, 2.45) is 5.92 Å². The molecule has 2 heterocycles. The zero-order valence-corrected chi connectivity index (χ0v) is 10.9. The summed E-state index contributed by atoms with van der Waals surface area (Å²) in [6.07, 6.45) is 1.84. The zero-order chi connectivity index (χ0) is 13.2. The van der Waals surface area contributed by atoms with Crippen LogP contribution in [0.2, 0.25) is 0 Å². The number of aliphatic hydroxyl groups is 1. The molecule has 1 atom stereocenters. The summed E-state index contributed by atoms with van der Waals surface area (Å²) < 4.78 is 7.25. The van der Waals surface area contributed by atoms with Crippen LogP contribution in [0.4, 0.5) is 0 Å². The molecule has 1 aromatic heterocycles. The average Bonchev–Trinajstić information content (AvgIpc) is 2.89. The lowest BCUT2D eigenvalue weighted by atomic mass is 10.0. The quantitative estimate of drug-likeness (QED) is 0.907. The third-order valence-electron chi connectivity index (χ3n) is 3.56. The van der Waals surface area contributed by atoms with Gasteiger partial charge in [-0.05, 0) is 18.6 Å². The molecule has 3 rings (SSSR count). The van der Waals surface area contributed by atoms with E-state index in [-0.39, 0.29) is 6.61 Å². The van der Waals surface area contributed by atoms with Crippen molar-refractivity contribution in [2.45, 2.75) is 19.4 Å². The van der Waals surface area contributed by atoms with Gasteiger partial charge in [0.05, 0.1) is 12.7 Å². The Labute approximate surface area is 111 Å². The molecule has 1 aliphatic heterocycles. The summed E-state index contributed by atoms with van der Waals surface area (Å²) in [5, 5.41) is 13.8. The Balaban J connectivity index is 1.97. The Morgan fingerprint density at radius 3 is 3.05 bits per heavy atom. The van der Waals surface area contributed by atoms with E-state index in [4.69, 9.17) is 4.74 Å². The van der Waals surface area contributed by atoms with E-state index >= 15 is 0 Å². The molecule has 0 saturated heterocycles. The Kier molecular flexibility index (Phi) is 3.21. The molecule has 0 saturated carbocycles. The Morgan fingerprint density at radius 1 is 1.42 bits per heavy atom. The molecule has 19 heavy (non-hydrogen) atoms. The van der Waals surface area contributed by atoms with Crippen molar-refractivity contribution in [3.8, 4) is 17.1 Å². The average molecular weight is 259 g/mol. The van der Waals surface area contributed by atoms with E-state index < -0.39 is 0 Å². The summed E-state index contributed by atoms with van der Waals surface area (Å²) in [7, 11) is 1.65. The van der Waals surface area contributed by atoms with Crippen molar-refractivity contribution < 1.29 is 9.84 Å². The monoisotopic (exact) mass is 259 g/mol. The summed E-state index contributed by atoms with van der Waals surface area (Å²) in [5.74, 6) is 2.76. The highest BCUT2D eigenvalue weighted by Crippen LogP contribution is 2.28. The topological polar surface area (TPSA) is 60.2 Å². The SMILES string of the molecule is COc1ccccc1-c1nc2n(n1)CC(CO)CC2. The normalized spacial score (nSPS) is 18.1. The number of para-hydroxylation sites is 1. The Bertz CT molecular complexity index is 580. The van der Waals surface area contributed by atoms with E-state index in [2.05, 4.69) is 10.1 Å². The van der Waals surface area contributed by atoms with Crippen LogP contribution in [0.5, 0.6) is 5.75 Å². The molecule has 0 radical (unpaired) electrons. The predicted octanol–water partition coefficient (Wildman–Crippen LogP) is 1.51. The van der Waals surface area contributed by atoms with Crippen molar-refractivity contribution in [3.05, 3.63) is 30.1 Å². The van der Waals surface area contributed by atoms with Gasteiger partial charge in [0.1, 0.15) is 11.6 Å². The maximum absolute atomic E-state index is 9.24. The molecule has 2 aromatic rings. The summed E-state index contributed by atoms with van der Waals surface area (Å²) in [5.41, 5.74) is 0.910. The van der Waals surface area contributed by atoms with Gasteiger partial charge in [-0.15, -0.1) is 0 Å². The number of ether oxygens (including phenoxy) is 1. The third kappa shape index (κ3) is 2.21. The molecule has 0 bridgehead atoms. The fourth-order valence-corrected chi connectivity index (χ4v) is 2.47. The minimum absolute atomic E-state index is 0.212. The molecule has 0 amide bonds. The molecule has 5 nitrogen and oxygen atoms in total. The van der Waals surface area contributed by atoms with Crippen LogP contribution in [-0.2, 0) is 13.0 Å². The maximum Gasteiger partial charge on any atom is 0.185 e. The molecule has 0 aliphatic carbocycles. The molecular formula is C14H17N3O2. The minimum Gasteiger partial charge on any atom is -0.496 e. The highest BCUT2D eigenvalue weighted by molar-refractivity contribution is 5.63. The van der Waals surface area contributed by atoms with Gasteiger partial charge in [0.15, 0.2) is 5.82 Å². The van der Waals surface area contributed by atoms with Crippen molar-refractivity contribution in [1.29, 1.82) is 0 Å². The van der Waals surface area contributed by atoms with Gasteiger partial charge in [-0.25, -0.2) is 9.67 Å². The molecule has 1 aromatic carbocycles. The number of hydrogen-bond acceptors (Lipinski definition) is 4. The van der Waals surface area contributed by atoms with Gasteiger partial charge in [0.25, 0.3) is 0 Å². The van der Waals surface area contributed by atoms with Gasteiger partial charge in [-0.1, -0.05) is 12.1 Å². The first-order chi connectivity index (χ1) is 9.31. The van der Waals surface area contributed by atoms with E-state index in [0.717, 1.165) is 36.5 Å². The molecule has 1 aliphatic rings. The van der Waals surface area contributed by atoms with E-state index in [1.165, 1.54) is 0 Å². The second-order valence-electron chi connectivity index (χ2n) is 4.82.